The second-order valence-electron chi connectivity index (χ2n) is 3.51. The summed E-state index contributed by atoms with van der Waals surface area (Å²) in [7, 11) is 0. The molecule has 1 aromatic carbocycles. The first-order chi connectivity index (χ1) is 7.33. The molecule has 0 radical (unpaired) electrons. The summed E-state index contributed by atoms with van der Waals surface area (Å²) in [6.07, 6.45) is 1.19. The van der Waals surface area contributed by atoms with Crippen molar-refractivity contribution in [1.82, 2.24) is 0 Å². The Hall–Kier alpha value is -0.820. The largest absolute Gasteiger partial charge is 0.376 e. The van der Waals surface area contributed by atoms with Gasteiger partial charge in [0.05, 0.1) is 6.61 Å². The van der Waals surface area contributed by atoms with Gasteiger partial charge >= 0.3 is 0 Å². The van der Waals surface area contributed by atoms with Crippen LogP contribution in [0.4, 0.5) is 0 Å². The zero-order chi connectivity index (χ0) is 11.5. The molecular formula is C14H24O. The summed E-state index contributed by atoms with van der Waals surface area (Å²) in [5.41, 5.74) is 1.26. The Balaban J connectivity index is 0.000000921. The Labute approximate surface area is 94.5 Å². The van der Waals surface area contributed by atoms with E-state index in [0.717, 1.165) is 13.2 Å². The van der Waals surface area contributed by atoms with Gasteiger partial charge in [-0.15, -0.1) is 0 Å². The van der Waals surface area contributed by atoms with Crippen molar-refractivity contribution in [3.8, 4) is 0 Å². The number of rotatable bonds is 5. The maximum Gasteiger partial charge on any atom is 0.0717 e. The maximum atomic E-state index is 5.57. The summed E-state index contributed by atoms with van der Waals surface area (Å²) in [6, 6.07) is 10.3. The molecule has 15 heavy (non-hydrogen) atoms. The predicted molar refractivity (Wildman–Crippen MR) is 66.9 cm³/mol. The second-order valence-corrected chi connectivity index (χ2v) is 3.51. The molecule has 1 aromatic rings. The van der Waals surface area contributed by atoms with Gasteiger partial charge in [-0.1, -0.05) is 64.4 Å². The molecule has 1 nitrogen and oxygen atoms in total. The summed E-state index contributed by atoms with van der Waals surface area (Å²) < 4.78 is 5.57. The molecule has 0 aliphatic carbocycles. The molecule has 0 fully saturated rings. The van der Waals surface area contributed by atoms with E-state index in [9.17, 15) is 0 Å². The van der Waals surface area contributed by atoms with Crippen molar-refractivity contribution in [3.05, 3.63) is 35.9 Å². The van der Waals surface area contributed by atoms with Crippen LogP contribution in [0.15, 0.2) is 30.3 Å². The SMILES string of the molecule is CC.CC[C@@H](C)COCc1ccccc1. The summed E-state index contributed by atoms with van der Waals surface area (Å²) in [4.78, 5) is 0. The van der Waals surface area contributed by atoms with Crippen LogP contribution in [0.5, 0.6) is 0 Å². The van der Waals surface area contributed by atoms with Gasteiger partial charge in [-0.3, -0.25) is 0 Å². The van der Waals surface area contributed by atoms with Crippen LogP contribution in [0, 0.1) is 5.92 Å². The van der Waals surface area contributed by atoms with Crippen molar-refractivity contribution in [2.75, 3.05) is 6.61 Å². The van der Waals surface area contributed by atoms with E-state index in [2.05, 4.69) is 26.0 Å². The Bertz CT molecular complexity index is 218. The third-order valence-corrected chi connectivity index (χ3v) is 2.21. The van der Waals surface area contributed by atoms with Crippen LogP contribution in [-0.2, 0) is 11.3 Å². The van der Waals surface area contributed by atoms with Gasteiger partial charge in [-0.2, -0.15) is 0 Å². The van der Waals surface area contributed by atoms with Gasteiger partial charge in [0.2, 0.25) is 0 Å². The smallest absolute Gasteiger partial charge is 0.0717 e. The first kappa shape index (κ1) is 14.2. The van der Waals surface area contributed by atoms with Gasteiger partial charge < -0.3 is 4.74 Å². The molecule has 1 atom stereocenters. The van der Waals surface area contributed by atoms with E-state index in [1.165, 1.54) is 12.0 Å². The molecule has 1 heteroatoms. The first-order valence-electron chi connectivity index (χ1n) is 5.94. The molecule has 0 aliphatic rings. The molecule has 0 saturated heterocycles. The van der Waals surface area contributed by atoms with Crippen molar-refractivity contribution >= 4 is 0 Å². The van der Waals surface area contributed by atoms with E-state index >= 15 is 0 Å². The van der Waals surface area contributed by atoms with Crippen LogP contribution < -0.4 is 0 Å². The molecule has 0 N–H and O–H groups in total. The quantitative estimate of drug-likeness (QED) is 0.702. The molecule has 0 amide bonds. The van der Waals surface area contributed by atoms with Crippen LogP contribution in [0.1, 0.15) is 39.7 Å². The third kappa shape index (κ3) is 7.15. The summed E-state index contributed by atoms with van der Waals surface area (Å²) in [5.74, 6) is 0.670. The highest BCUT2D eigenvalue weighted by Crippen LogP contribution is 2.04. The first-order valence-corrected chi connectivity index (χ1v) is 5.94. The average molecular weight is 208 g/mol. The lowest BCUT2D eigenvalue weighted by atomic mass is 10.1. The van der Waals surface area contributed by atoms with E-state index in [1.54, 1.807) is 0 Å². The Morgan fingerprint density at radius 1 is 1.13 bits per heavy atom. The Morgan fingerprint density at radius 2 is 1.73 bits per heavy atom. The second kappa shape index (κ2) is 9.72. The topological polar surface area (TPSA) is 9.23 Å². The van der Waals surface area contributed by atoms with E-state index < -0.39 is 0 Å². The minimum absolute atomic E-state index is 0.670. The molecule has 0 unspecified atom stereocenters. The highest BCUT2D eigenvalue weighted by molar-refractivity contribution is 5.13. The lowest BCUT2D eigenvalue weighted by Crippen LogP contribution is -2.04. The molecule has 1 rings (SSSR count). The molecule has 0 bridgehead atoms. The molecule has 0 saturated carbocycles. The minimum Gasteiger partial charge on any atom is -0.376 e. The molecule has 0 heterocycles. The van der Waals surface area contributed by atoms with E-state index in [4.69, 9.17) is 4.74 Å². The lowest BCUT2D eigenvalue weighted by Gasteiger charge is -2.08. The normalized spacial score (nSPS) is 11.5. The molecular weight excluding hydrogens is 184 g/mol. The number of ether oxygens (including phenoxy) is 1. The zero-order valence-electron chi connectivity index (χ0n) is 10.5. The van der Waals surface area contributed by atoms with Gasteiger partial charge in [0.25, 0.3) is 0 Å². The minimum atomic E-state index is 0.670. The van der Waals surface area contributed by atoms with E-state index in [-0.39, 0.29) is 0 Å². The van der Waals surface area contributed by atoms with E-state index in [0.29, 0.717) is 5.92 Å². The standard InChI is InChI=1S/C12H18O.C2H6/c1-3-11(2)9-13-10-12-7-5-4-6-8-12;1-2/h4-8,11H,3,9-10H2,1-2H3;1-2H3/t11-;/m1./s1. The van der Waals surface area contributed by atoms with Gasteiger partial charge in [0.15, 0.2) is 0 Å². The van der Waals surface area contributed by atoms with Crippen molar-refractivity contribution in [3.63, 3.8) is 0 Å². The molecule has 0 aliphatic heterocycles. The summed E-state index contributed by atoms with van der Waals surface area (Å²) in [5, 5.41) is 0. The van der Waals surface area contributed by atoms with Crippen LogP contribution in [0.2, 0.25) is 0 Å². The van der Waals surface area contributed by atoms with Gasteiger partial charge in [0.1, 0.15) is 0 Å². The monoisotopic (exact) mass is 208 g/mol. The van der Waals surface area contributed by atoms with Crippen LogP contribution >= 0.6 is 0 Å². The maximum absolute atomic E-state index is 5.57. The molecule has 0 aromatic heterocycles. The Kier molecular flexibility index (Phi) is 9.19. The third-order valence-electron chi connectivity index (χ3n) is 2.21. The zero-order valence-corrected chi connectivity index (χ0v) is 10.5. The summed E-state index contributed by atoms with van der Waals surface area (Å²) >= 11 is 0. The summed E-state index contributed by atoms with van der Waals surface area (Å²) in [6.45, 7) is 10.0. The lowest BCUT2D eigenvalue weighted by molar-refractivity contribution is 0.0910. The van der Waals surface area contributed by atoms with Crippen molar-refractivity contribution in [2.24, 2.45) is 5.92 Å². The van der Waals surface area contributed by atoms with Crippen molar-refractivity contribution < 1.29 is 4.74 Å². The van der Waals surface area contributed by atoms with Crippen molar-refractivity contribution in [1.29, 1.82) is 0 Å². The van der Waals surface area contributed by atoms with Crippen LogP contribution in [-0.4, -0.2) is 6.61 Å². The molecule has 86 valence electrons. The van der Waals surface area contributed by atoms with Crippen molar-refractivity contribution in [2.45, 2.75) is 40.7 Å². The molecule has 0 spiro atoms. The predicted octanol–water partition coefficient (Wildman–Crippen LogP) is 4.28. The Morgan fingerprint density at radius 3 is 2.27 bits per heavy atom. The number of hydrogen-bond acceptors (Lipinski definition) is 1. The number of hydrogen-bond donors (Lipinski definition) is 0. The van der Waals surface area contributed by atoms with Gasteiger partial charge in [-0.05, 0) is 11.5 Å². The van der Waals surface area contributed by atoms with Crippen LogP contribution in [0.25, 0.3) is 0 Å². The fraction of sp³-hybridized carbons (Fsp3) is 0.571. The average Bonchev–Trinajstić information content (AvgIpc) is 2.33. The van der Waals surface area contributed by atoms with Gasteiger partial charge in [0, 0.05) is 6.61 Å². The van der Waals surface area contributed by atoms with E-state index in [1.807, 2.05) is 32.0 Å². The fourth-order valence-corrected chi connectivity index (χ4v) is 1.07. The highest BCUT2D eigenvalue weighted by Gasteiger charge is 1.98. The number of benzene rings is 1. The highest BCUT2D eigenvalue weighted by atomic mass is 16.5. The van der Waals surface area contributed by atoms with Gasteiger partial charge in [-0.25, -0.2) is 0 Å². The fourth-order valence-electron chi connectivity index (χ4n) is 1.07. The van der Waals surface area contributed by atoms with Crippen LogP contribution in [0.3, 0.4) is 0 Å².